The molecule has 2 amide bonds. The average Bonchev–Trinajstić information content (AvgIpc) is 2.99. The van der Waals surface area contributed by atoms with Crippen LogP contribution in [-0.2, 0) is 14.3 Å². The second-order valence-corrected chi connectivity index (χ2v) is 7.09. The molecule has 3 rings (SSSR count). The van der Waals surface area contributed by atoms with E-state index >= 15 is 0 Å². The van der Waals surface area contributed by atoms with Crippen molar-refractivity contribution in [2.45, 2.75) is 37.9 Å². The number of piperidine rings is 1. The van der Waals surface area contributed by atoms with E-state index in [1.54, 1.807) is 12.0 Å². The van der Waals surface area contributed by atoms with E-state index in [0.29, 0.717) is 52.0 Å². The van der Waals surface area contributed by atoms with E-state index in [1.807, 2.05) is 42.2 Å². The lowest BCUT2D eigenvalue weighted by atomic mass is 9.91. The molecule has 2 aliphatic rings. The Morgan fingerprint density at radius 1 is 1.26 bits per heavy atom. The zero-order valence-corrected chi connectivity index (χ0v) is 16.1. The number of hydrogen-bond donors (Lipinski definition) is 0. The summed E-state index contributed by atoms with van der Waals surface area (Å²) in [6.07, 6.45) is 1.27. The summed E-state index contributed by atoms with van der Waals surface area (Å²) in [4.78, 5) is 28.2. The lowest BCUT2D eigenvalue weighted by molar-refractivity contribution is -0.145. The molecule has 7 heteroatoms. The molecule has 0 bridgehead atoms. The van der Waals surface area contributed by atoms with Crippen molar-refractivity contribution in [1.29, 1.82) is 0 Å². The van der Waals surface area contributed by atoms with Crippen LogP contribution in [0.5, 0.6) is 5.75 Å². The Hall–Kier alpha value is -2.28. The predicted octanol–water partition coefficient (Wildman–Crippen LogP) is 2.30. The van der Waals surface area contributed by atoms with Crippen LogP contribution in [0.2, 0.25) is 0 Å². The Morgan fingerprint density at radius 3 is 2.59 bits per heavy atom. The number of para-hydroxylation sites is 1. The van der Waals surface area contributed by atoms with Gasteiger partial charge in [0.05, 0.1) is 13.1 Å². The number of benzene rings is 1. The Bertz CT molecular complexity index is 639. The number of carbonyl (C=O) groups is 2. The third-order valence-electron chi connectivity index (χ3n) is 5.33. The van der Waals surface area contributed by atoms with Gasteiger partial charge in [-0.15, -0.1) is 0 Å². The number of nitrogens with zero attached hydrogens (tertiary/aromatic N) is 2. The van der Waals surface area contributed by atoms with Crippen molar-refractivity contribution >= 4 is 12.0 Å². The van der Waals surface area contributed by atoms with Crippen molar-refractivity contribution in [2.24, 2.45) is 0 Å². The highest BCUT2D eigenvalue weighted by Crippen LogP contribution is 2.33. The van der Waals surface area contributed by atoms with Gasteiger partial charge in [0.2, 0.25) is 0 Å². The largest absolute Gasteiger partial charge is 0.492 e. The van der Waals surface area contributed by atoms with Gasteiger partial charge in [0, 0.05) is 33.0 Å². The number of amides is 2. The van der Waals surface area contributed by atoms with Gasteiger partial charge >= 0.3 is 6.09 Å². The molecule has 2 saturated heterocycles. The highest BCUT2D eigenvalue weighted by atomic mass is 16.6. The number of hydrogen-bond acceptors (Lipinski definition) is 5. The van der Waals surface area contributed by atoms with Crippen LogP contribution in [0.4, 0.5) is 4.79 Å². The van der Waals surface area contributed by atoms with E-state index in [1.165, 1.54) is 0 Å². The number of carbonyl (C=O) groups excluding carboxylic acids is 2. The lowest BCUT2D eigenvalue weighted by Crippen LogP contribution is -2.51. The van der Waals surface area contributed by atoms with Crippen LogP contribution in [0.1, 0.15) is 26.2 Å². The minimum atomic E-state index is -0.491. The van der Waals surface area contributed by atoms with Crippen LogP contribution >= 0.6 is 0 Å². The summed E-state index contributed by atoms with van der Waals surface area (Å²) in [5.41, 5.74) is -0.491. The first-order chi connectivity index (χ1) is 13.1. The van der Waals surface area contributed by atoms with E-state index in [0.717, 1.165) is 5.75 Å². The highest BCUT2D eigenvalue weighted by molar-refractivity contribution is 5.81. The number of likely N-dealkylation sites (tertiary alicyclic amines) is 1. The van der Waals surface area contributed by atoms with E-state index in [2.05, 4.69) is 0 Å². The summed E-state index contributed by atoms with van der Waals surface area (Å²) in [6.45, 7) is 4.56. The molecule has 2 heterocycles. The molecule has 1 atom stereocenters. The molecule has 1 aromatic rings. The van der Waals surface area contributed by atoms with Crippen LogP contribution in [0.25, 0.3) is 0 Å². The molecule has 0 unspecified atom stereocenters. The number of ether oxygens (including phenoxy) is 3. The molecular weight excluding hydrogens is 348 g/mol. The highest BCUT2D eigenvalue weighted by Gasteiger charge is 2.47. The molecule has 1 aromatic carbocycles. The fourth-order valence-corrected chi connectivity index (χ4v) is 3.70. The summed E-state index contributed by atoms with van der Waals surface area (Å²) >= 11 is 0. The maximum absolute atomic E-state index is 12.4. The Labute approximate surface area is 160 Å². The summed E-state index contributed by atoms with van der Waals surface area (Å²) in [6, 6.07) is 9.54. The third-order valence-corrected chi connectivity index (χ3v) is 5.33. The topological polar surface area (TPSA) is 68.3 Å². The van der Waals surface area contributed by atoms with Crippen molar-refractivity contribution in [1.82, 2.24) is 9.80 Å². The number of methoxy groups -OCH3 is 1. The summed E-state index contributed by atoms with van der Waals surface area (Å²) in [5, 5.41) is 0. The van der Waals surface area contributed by atoms with Crippen molar-refractivity contribution in [3.05, 3.63) is 30.3 Å². The van der Waals surface area contributed by atoms with Crippen molar-refractivity contribution < 1.29 is 23.8 Å². The average molecular weight is 376 g/mol. The van der Waals surface area contributed by atoms with Crippen LogP contribution in [0.3, 0.4) is 0 Å². The first-order valence-electron chi connectivity index (χ1n) is 9.54. The molecule has 0 aliphatic carbocycles. The van der Waals surface area contributed by atoms with Gasteiger partial charge in [0.1, 0.15) is 24.1 Å². The van der Waals surface area contributed by atoms with Crippen molar-refractivity contribution in [2.75, 3.05) is 39.9 Å². The Balaban J connectivity index is 1.48. The second kappa shape index (κ2) is 8.61. The number of rotatable bonds is 7. The first-order valence-corrected chi connectivity index (χ1v) is 9.54. The fraction of sp³-hybridized carbons (Fsp3) is 0.600. The fourth-order valence-electron chi connectivity index (χ4n) is 3.70. The van der Waals surface area contributed by atoms with Crippen LogP contribution in [0, 0.1) is 0 Å². The van der Waals surface area contributed by atoms with Gasteiger partial charge in [-0.05, 0) is 18.6 Å². The second-order valence-electron chi connectivity index (χ2n) is 7.09. The van der Waals surface area contributed by atoms with E-state index < -0.39 is 11.7 Å². The SMILES string of the molecule is CC[C@H](OC)C(=O)N1CCC2(CC1)CN(CCOc1ccccc1)C(=O)O2. The molecule has 0 N–H and O–H groups in total. The first kappa shape index (κ1) is 19.5. The van der Waals surface area contributed by atoms with Gasteiger partial charge < -0.3 is 24.0 Å². The molecule has 2 fully saturated rings. The van der Waals surface area contributed by atoms with E-state index in [-0.39, 0.29) is 12.0 Å². The van der Waals surface area contributed by atoms with Crippen molar-refractivity contribution in [3.63, 3.8) is 0 Å². The van der Waals surface area contributed by atoms with E-state index in [4.69, 9.17) is 14.2 Å². The third kappa shape index (κ3) is 4.53. The smallest absolute Gasteiger partial charge is 0.410 e. The minimum absolute atomic E-state index is 0.0206. The van der Waals surface area contributed by atoms with Gasteiger partial charge in [-0.1, -0.05) is 25.1 Å². The summed E-state index contributed by atoms with van der Waals surface area (Å²) in [5.74, 6) is 0.808. The predicted molar refractivity (Wildman–Crippen MR) is 99.6 cm³/mol. The normalized spacial score (nSPS) is 19.9. The monoisotopic (exact) mass is 376 g/mol. The minimum Gasteiger partial charge on any atom is -0.492 e. The van der Waals surface area contributed by atoms with Gasteiger partial charge in [0.25, 0.3) is 5.91 Å². The molecule has 0 saturated carbocycles. The van der Waals surface area contributed by atoms with Gasteiger partial charge in [-0.2, -0.15) is 0 Å². The molecule has 0 radical (unpaired) electrons. The molecule has 7 nitrogen and oxygen atoms in total. The molecule has 27 heavy (non-hydrogen) atoms. The molecule has 148 valence electrons. The molecule has 1 spiro atoms. The quantitative estimate of drug-likeness (QED) is 0.730. The molecular formula is C20H28N2O5. The molecule has 0 aromatic heterocycles. The van der Waals surface area contributed by atoms with Gasteiger partial charge in [-0.25, -0.2) is 4.79 Å². The van der Waals surface area contributed by atoms with Gasteiger partial charge in [-0.3, -0.25) is 4.79 Å². The zero-order chi connectivity index (χ0) is 19.3. The standard InChI is InChI=1S/C20H28N2O5/c1-3-17(25-2)18(23)21-11-9-20(10-12-21)15-22(19(24)27-20)13-14-26-16-7-5-4-6-8-16/h4-8,17H,3,9-15H2,1-2H3/t17-/m0/s1. The summed E-state index contributed by atoms with van der Waals surface area (Å²) in [7, 11) is 1.56. The van der Waals surface area contributed by atoms with Gasteiger partial charge in [0.15, 0.2) is 0 Å². The van der Waals surface area contributed by atoms with Crippen LogP contribution in [-0.4, -0.2) is 73.4 Å². The zero-order valence-electron chi connectivity index (χ0n) is 16.1. The summed E-state index contributed by atoms with van der Waals surface area (Å²) < 4.78 is 16.6. The van der Waals surface area contributed by atoms with Crippen LogP contribution < -0.4 is 4.74 Å². The van der Waals surface area contributed by atoms with E-state index in [9.17, 15) is 9.59 Å². The maximum Gasteiger partial charge on any atom is 0.410 e. The maximum atomic E-state index is 12.4. The van der Waals surface area contributed by atoms with Crippen LogP contribution in [0.15, 0.2) is 30.3 Å². The lowest BCUT2D eigenvalue weighted by Gasteiger charge is -2.38. The Kier molecular flexibility index (Phi) is 6.21. The Morgan fingerprint density at radius 2 is 1.96 bits per heavy atom. The van der Waals surface area contributed by atoms with Crippen molar-refractivity contribution in [3.8, 4) is 5.75 Å². The molecule has 2 aliphatic heterocycles.